The monoisotopic (exact) mass is 410 g/mol. The first-order chi connectivity index (χ1) is 15.2. The fourth-order valence-electron chi connectivity index (χ4n) is 4.66. The van der Waals surface area contributed by atoms with Gasteiger partial charge in [-0.25, -0.2) is 0 Å². The number of aromatic hydroxyl groups is 1. The third-order valence-electron chi connectivity index (χ3n) is 5.89. The van der Waals surface area contributed by atoms with E-state index in [2.05, 4.69) is 12.1 Å². The quantitative estimate of drug-likeness (QED) is 0.401. The van der Waals surface area contributed by atoms with Crippen LogP contribution in [0.4, 0.5) is 0 Å². The molecule has 31 heavy (non-hydrogen) atoms. The van der Waals surface area contributed by atoms with Gasteiger partial charge in [0.25, 0.3) is 0 Å². The highest BCUT2D eigenvalue weighted by atomic mass is 16.5. The Morgan fingerprint density at radius 1 is 0.613 bits per heavy atom. The molecular formula is C27H22O4. The van der Waals surface area contributed by atoms with Gasteiger partial charge in [0.15, 0.2) is 0 Å². The second-order valence-electron chi connectivity index (χ2n) is 7.43. The van der Waals surface area contributed by atoms with Gasteiger partial charge < -0.3 is 19.3 Å². The Morgan fingerprint density at radius 3 is 1.65 bits per heavy atom. The van der Waals surface area contributed by atoms with E-state index in [0.717, 1.165) is 33.8 Å². The number of rotatable bonds is 4. The van der Waals surface area contributed by atoms with E-state index >= 15 is 0 Å². The van der Waals surface area contributed by atoms with Crippen molar-refractivity contribution in [3.8, 4) is 28.7 Å². The van der Waals surface area contributed by atoms with Crippen molar-refractivity contribution >= 4 is 0 Å². The first-order valence-corrected chi connectivity index (χ1v) is 10.1. The largest absolute Gasteiger partial charge is 0.508 e. The summed E-state index contributed by atoms with van der Waals surface area (Å²) in [6.45, 7) is 0. The van der Waals surface area contributed by atoms with Crippen molar-refractivity contribution in [2.24, 2.45) is 0 Å². The standard InChI is InChI=1S/C27H22O4/c1-29-21-10-6-12-23-25(21)27(18-8-4-3-5-9-18,19-14-16-20(28)17-15-19)26-22(30-2)11-7-13-24(26)31-23/h3-17,28H,1-2H3. The van der Waals surface area contributed by atoms with Crippen LogP contribution in [0.25, 0.3) is 0 Å². The van der Waals surface area contributed by atoms with Gasteiger partial charge in [-0.05, 0) is 47.5 Å². The maximum atomic E-state index is 10.0. The molecule has 0 unspecified atom stereocenters. The second-order valence-corrected chi connectivity index (χ2v) is 7.43. The molecule has 1 aliphatic rings. The summed E-state index contributed by atoms with van der Waals surface area (Å²) in [4.78, 5) is 0. The molecule has 4 heteroatoms. The van der Waals surface area contributed by atoms with Crippen LogP contribution in [0.1, 0.15) is 22.3 Å². The molecule has 0 aliphatic carbocycles. The van der Waals surface area contributed by atoms with Crippen LogP contribution < -0.4 is 14.2 Å². The third kappa shape index (κ3) is 2.76. The van der Waals surface area contributed by atoms with E-state index in [9.17, 15) is 5.11 Å². The molecule has 5 rings (SSSR count). The number of phenols is 1. The molecule has 0 atom stereocenters. The minimum absolute atomic E-state index is 0.208. The molecule has 1 heterocycles. The lowest BCUT2D eigenvalue weighted by molar-refractivity contribution is 0.365. The summed E-state index contributed by atoms with van der Waals surface area (Å²) in [6.07, 6.45) is 0. The van der Waals surface area contributed by atoms with Gasteiger partial charge in [0.05, 0.1) is 30.8 Å². The molecular weight excluding hydrogens is 388 g/mol. The van der Waals surface area contributed by atoms with E-state index in [0.29, 0.717) is 11.5 Å². The second kappa shape index (κ2) is 7.40. The number of ether oxygens (including phenoxy) is 3. The van der Waals surface area contributed by atoms with E-state index in [1.807, 2.05) is 66.7 Å². The zero-order valence-corrected chi connectivity index (χ0v) is 17.3. The van der Waals surface area contributed by atoms with Crippen LogP contribution in [-0.4, -0.2) is 19.3 Å². The van der Waals surface area contributed by atoms with E-state index in [-0.39, 0.29) is 5.75 Å². The first kappa shape index (κ1) is 19.1. The molecule has 1 N–H and O–H groups in total. The maximum Gasteiger partial charge on any atom is 0.135 e. The van der Waals surface area contributed by atoms with Crippen LogP contribution >= 0.6 is 0 Å². The van der Waals surface area contributed by atoms with Gasteiger partial charge in [0.2, 0.25) is 0 Å². The molecule has 0 amide bonds. The molecule has 1 aliphatic heterocycles. The molecule has 4 aromatic carbocycles. The lowest BCUT2D eigenvalue weighted by atomic mass is 9.63. The molecule has 154 valence electrons. The van der Waals surface area contributed by atoms with Crippen molar-refractivity contribution in [2.75, 3.05) is 14.2 Å². The van der Waals surface area contributed by atoms with E-state index in [4.69, 9.17) is 14.2 Å². The summed E-state index contributed by atoms with van der Waals surface area (Å²) in [5, 5.41) is 10.0. The minimum atomic E-state index is -0.781. The summed E-state index contributed by atoms with van der Waals surface area (Å²) in [6, 6.07) is 29.2. The lowest BCUT2D eigenvalue weighted by Gasteiger charge is -2.42. The highest BCUT2D eigenvalue weighted by Gasteiger charge is 2.49. The molecule has 0 bridgehead atoms. The van der Waals surface area contributed by atoms with Crippen molar-refractivity contribution in [2.45, 2.75) is 5.41 Å². The van der Waals surface area contributed by atoms with E-state index < -0.39 is 5.41 Å². The Kier molecular flexibility index (Phi) is 4.55. The molecule has 4 aromatic rings. The fraction of sp³-hybridized carbons (Fsp3) is 0.111. The van der Waals surface area contributed by atoms with Gasteiger partial charge in [-0.15, -0.1) is 0 Å². The van der Waals surface area contributed by atoms with Crippen LogP contribution in [0.15, 0.2) is 91.0 Å². The minimum Gasteiger partial charge on any atom is -0.508 e. The molecule has 0 saturated carbocycles. The Bertz CT molecular complexity index is 1180. The van der Waals surface area contributed by atoms with Gasteiger partial charge in [0, 0.05) is 0 Å². The average molecular weight is 410 g/mol. The highest BCUT2D eigenvalue weighted by molar-refractivity contribution is 5.74. The smallest absolute Gasteiger partial charge is 0.135 e. The van der Waals surface area contributed by atoms with Crippen molar-refractivity contribution in [3.63, 3.8) is 0 Å². The molecule has 4 nitrogen and oxygen atoms in total. The van der Waals surface area contributed by atoms with E-state index in [1.54, 1.807) is 26.4 Å². The number of methoxy groups -OCH3 is 2. The molecule has 0 aromatic heterocycles. The SMILES string of the molecule is COc1cccc2c1C(c1ccccc1)(c1ccc(O)cc1)c1c(OC)cccc1O2. The lowest BCUT2D eigenvalue weighted by Crippen LogP contribution is -2.35. The predicted octanol–water partition coefficient (Wildman–Crippen LogP) is 5.90. The summed E-state index contributed by atoms with van der Waals surface area (Å²) < 4.78 is 18.1. The Labute approximate surface area is 181 Å². The highest BCUT2D eigenvalue weighted by Crippen LogP contribution is 2.60. The van der Waals surface area contributed by atoms with Crippen molar-refractivity contribution in [1.82, 2.24) is 0 Å². The zero-order chi connectivity index (χ0) is 21.4. The first-order valence-electron chi connectivity index (χ1n) is 10.1. The molecule has 0 radical (unpaired) electrons. The van der Waals surface area contributed by atoms with Crippen LogP contribution in [0.5, 0.6) is 28.7 Å². The zero-order valence-electron chi connectivity index (χ0n) is 17.3. The number of benzene rings is 4. The van der Waals surface area contributed by atoms with Gasteiger partial charge in [-0.1, -0.05) is 54.6 Å². The van der Waals surface area contributed by atoms with Gasteiger partial charge >= 0.3 is 0 Å². The number of hydrogen-bond acceptors (Lipinski definition) is 4. The van der Waals surface area contributed by atoms with Crippen LogP contribution in [0, 0.1) is 0 Å². The summed E-state index contributed by atoms with van der Waals surface area (Å²) in [7, 11) is 3.33. The predicted molar refractivity (Wildman–Crippen MR) is 120 cm³/mol. The normalized spacial score (nSPS) is 13.5. The number of fused-ring (bicyclic) bond motifs is 2. The summed E-state index contributed by atoms with van der Waals surface area (Å²) >= 11 is 0. The Hall–Kier alpha value is -3.92. The van der Waals surface area contributed by atoms with Gasteiger partial charge in [0.1, 0.15) is 28.7 Å². The molecule has 0 saturated heterocycles. The van der Waals surface area contributed by atoms with Crippen molar-refractivity contribution in [3.05, 3.63) is 113 Å². The average Bonchev–Trinajstić information content (AvgIpc) is 2.83. The van der Waals surface area contributed by atoms with Crippen molar-refractivity contribution < 1.29 is 19.3 Å². The topological polar surface area (TPSA) is 47.9 Å². The maximum absolute atomic E-state index is 10.0. The number of hydrogen-bond donors (Lipinski definition) is 1. The van der Waals surface area contributed by atoms with E-state index in [1.165, 1.54) is 0 Å². The Morgan fingerprint density at radius 2 is 1.13 bits per heavy atom. The van der Waals surface area contributed by atoms with Crippen LogP contribution in [-0.2, 0) is 5.41 Å². The summed E-state index contributed by atoms with van der Waals surface area (Å²) in [5.74, 6) is 3.07. The van der Waals surface area contributed by atoms with Crippen LogP contribution in [0.2, 0.25) is 0 Å². The summed E-state index contributed by atoms with van der Waals surface area (Å²) in [5.41, 5.74) is 3.02. The fourth-order valence-corrected chi connectivity index (χ4v) is 4.66. The van der Waals surface area contributed by atoms with Crippen molar-refractivity contribution in [1.29, 1.82) is 0 Å². The molecule has 0 fully saturated rings. The van der Waals surface area contributed by atoms with Gasteiger partial charge in [-0.2, -0.15) is 0 Å². The van der Waals surface area contributed by atoms with Crippen LogP contribution in [0.3, 0.4) is 0 Å². The molecule has 0 spiro atoms. The third-order valence-corrected chi connectivity index (χ3v) is 5.89. The van der Waals surface area contributed by atoms with Gasteiger partial charge in [-0.3, -0.25) is 0 Å². The number of phenolic OH excluding ortho intramolecular Hbond substituents is 1. The Balaban J connectivity index is 2.02.